The summed E-state index contributed by atoms with van der Waals surface area (Å²) in [6.07, 6.45) is 3.38. The number of aromatic nitrogens is 1. The highest BCUT2D eigenvalue weighted by molar-refractivity contribution is 7.09. The number of aryl methyl sites for hydroxylation is 1. The molecule has 2 aromatic rings. The molecule has 0 spiro atoms. The Kier molecular flexibility index (Phi) is 6.18. The SMILES string of the molecule is Cc1nc(C(=O)Nc2cc(NC(=O)CN3CCCCC3C)ccc2F)cs1. The van der Waals surface area contributed by atoms with E-state index in [1.165, 1.54) is 36.0 Å². The quantitative estimate of drug-likeness (QED) is 0.817. The molecule has 6 nitrogen and oxygen atoms in total. The average molecular weight is 390 g/mol. The first-order valence-electron chi connectivity index (χ1n) is 8.99. The summed E-state index contributed by atoms with van der Waals surface area (Å²) in [5.74, 6) is -1.20. The fraction of sp³-hybridized carbons (Fsp3) is 0.421. The van der Waals surface area contributed by atoms with Gasteiger partial charge in [0.15, 0.2) is 0 Å². The largest absolute Gasteiger partial charge is 0.325 e. The molecule has 144 valence electrons. The van der Waals surface area contributed by atoms with Crippen LogP contribution >= 0.6 is 11.3 Å². The third kappa shape index (κ3) is 5.11. The number of thiazole rings is 1. The summed E-state index contributed by atoms with van der Waals surface area (Å²) in [7, 11) is 0. The van der Waals surface area contributed by atoms with Crippen LogP contribution in [0.4, 0.5) is 15.8 Å². The van der Waals surface area contributed by atoms with E-state index in [1.807, 2.05) is 0 Å². The highest BCUT2D eigenvalue weighted by Crippen LogP contribution is 2.21. The summed E-state index contributed by atoms with van der Waals surface area (Å²) >= 11 is 1.35. The van der Waals surface area contributed by atoms with E-state index in [1.54, 1.807) is 12.3 Å². The molecule has 1 unspecified atom stereocenters. The van der Waals surface area contributed by atoms with Gasteiger partial charge in [-0.2, -0.15) is 0 Å². The Labute approximate surface area is 161 Å². The number of piperidine rings is 1. The fourth-order valence-corrected chi connectivity index (χ4v) is 3.72. The van der Waals surface area contributed by atoms with Crippen LogP contribution in [0.2, 0.25) is 0 Å². The van der Waals surface area contributed by atoms with Gasteiger partial charge in [0.05, 0.1) is 17.2 Å². The number of hydrogen-bond donors (Lipinski definition) is 2. The summed E-state index contributed by atoms with van der Waals surface area (Å²) in [5, 5.41) is 7.67. The van der Waals surface area contributed by atoms with Crippen molar-refractivity contribution in [2.45, 2.75) is 39.2 Å². The Morgan fingerprint density at radius 3 is 2.85 bits per heavy atom. The molecule has 1 aromatic carbocycles. The molecule has 1 aliphatic rings. The standard InChI is InChI=1S/C19H23FN4O2S/c1-12-5-3-4-8-24(12)10-18(25)22-14-6-7-15(20)16(9-14)23-19(26)17-11-27-13(2)21-17/h6-7,9,11-12H,3-5,8,10H2,1-2H3,(H,22,25)(H,23,26). The monoisotopic (exact) mass is 390 g/mol. The maximum Gasteiger partial charge on any atom is 0.275 e. The minimum absolute atomic E-state index is 0.00907. The number of carbonyl (C=O) groups excluding carboxylic acids is 2. The molecule has 3 rings (SSSR count). The topological polar surface area (TPSA) is 74.3 Å². The minimum atomic E-state index is -0.571. The summed E-state index contributed by atoms with van der Waals surface area (Å²) < 4.78 is 14.1. The number of amides is 2. The molecule has 1 atom stereocenters. The van der Waals surface area contributed by atoms with Gasteiger partial charge in [-0.25, -0.2) is 9.37 Å². The van der Waals surface area contributed by atoms with Crippen LogP contribution in [0, 0.1) is 12.7 Å². The molecule has 1 aromatic heterocycles. The van der Waals surface area contributed by atoms with E-state index in [0.717, 1.165) is 24.4 Å². The average Bonchev–Trinajstić information content (AvgIpc) is 3.06. The van der Waals surface area contributed by atoms with E-state index in [4.69, 9.17) is 0 Å². The molecule has 2 heterocycles. The van der Waals surface area contributed by atoms with Crippen LogP contribution in [0.1, 0.15) is 41.7 Å². The summed E-state index contributed by atoms with van der Waals surface area (Å²) in [4.78, 5) is 30.7. The second kappa shape index (κ2) is 8.58. The van der Waals surface area contributed by atoms with Crippen molar-refractivity contribution in [3.05, 3.63) is 40.1 Å². The molecule has 2 amide bonds. The van der Waals surface area contributed by atoms with E-state index < -0.39 is 11.7 Å². The maximum atomic E-state index is 14.1. The number of nitrogens with zero attached hydrogens (tertiary/aromatic N) is 2. The summed E-state index contributed by atoms with van der Waals surface area (Å²) in [6, 6.07) is 4.51. The van der Waals surface area contributed by atoms with Gasteiger partial charge in [-0.3, -0.25) is 14.5 Å². The third-order valence-corrected chi connectivity index (χ3v) is 5.41. The van der Waals surface area contributed by atoms with E-state index in [-0.39, 0.29) is 17.3 Å². The highest BCUT2D eigenvalue weighted by Gasteiger charge is 2.21. The molecule has 1 saturated heterocycles. The Bertz CT molecular complexity index is 839. The number of halogens is 1. The molecule has 27 heavy (non-hydrogen) atoms. The van der Waals surface area contributed by atoms with Gasteiger partial charge in [0.1, 0.15) is 11.5 Å². The number of nitrogens with one attached hydrogen (secondary N) is 2. The predicted octanol–water partition coefficient (Wildman–Crippen LogP) is 3.66. The molecule has 8 heteroatoms. The smallest absolute Gasteiger partial charge is 0.275 e. The highest BCUT2D eigenvalue weighted by atomic mass is 32.1. The van der Waals surface area contributed by atoms with Crippen molar-refractivity contribution in [3.8, 4) is 0 Å². The minimum Gasteiger partial charge on any atom is -0.325 e. The van der Waals surface area contributed by atoms with Crippen LogP contribution < -0.4 is 10.6 Å². The van der Waals surface area contributed by atoms with Crippen LogP contribution in [0.15, 0.2) is 23.6 Å². The van der Waals surface area contributed by atoms with Gasteiger partial charge in [0, 0.05) is 17.1 Å². The van der Waals surface area contributed by atoms with Crippen molar-refractivity contribution in [3.63, 3.8) is 0 Å². The van der Waals surface area contributed by atoms with E-state index >= 15 is 0 Å². The second-order valence-electron chi connectivity index (χ2n) is 6.76. The summed E-state index contributed by atoms with van der Waals surface area (Å²) in [5.41, 5.74) is 0.691. The molecule has 0 saturated carbocycles. The molecule has 0 bridgehead atoms. The van der Waals surface area contributed by atoms with E-state index in [2.05, 4.69) is 27.4 Å². The zero-order valence-electron chi connectivity index (χ0n) is 15.4. The Balaban J connectivity index is 1.64. The number of anilines is 2. The zero-order chi connectivity index (χ0) is 19.4. The molecule has 0 aliphatic carbocycles. The first kappa shape index (κ1) is 19.4. The van der Waals surface area contributed by atoms with Gasteiger partial charge in [-0.15, -0.1) is 11.3 Å². The number of rotatable bonds is 5. The van der Waals surface area contributed by atoms with Crippen molar-refractivity contribution >= 4 is 34.5 Å². The molecular formula is C19H23FN4O2S. The van der Waals surface area contributed by atoms with Crippen LogP contribution in [-0.2, 0) is 4.79 Å². The second-order valence-corrected chi connectivity index (χ2v) is 7.83. The van der Waals surface area contributed by atoms with Crippen molar-refractivity contribution < 1.29 is 14.0 Å². The lowest BCUT2D eigenvalue weighted by molar-refractivity contribution is -0.118. The molecule has 0 radical (unpaired) electrons. The van der Waals surface area contributed by atoms with Crippen LogP contribution in [0.5, 0.6) is 0 Å². The predicted molar refractivity (Wildman–Crippen MR) is 105 cm³/mol. The van der Waals surface area contributed by atoms with Gasteiger partial charge in [-0.05, 0) is 51.4 Å². The van der Waals surface area contributed by atoms with Gasteiger partial charge in [0.25, 0.3) is 5.91 Å². The number of likely N-dealkylation sites (tertiary alicyclic amines) is 1. The molecule has 1 aliphatic heterocycles. The summed E-state index contributed by atoms with van der Waals surface area (Å²) in [6.45, 7) is 5.13. The first-order valence-corrected chi connectivity index (χ1v) is 9.87. The van der Waals surface area contributed by atoms with Gasteiger partial charge in [0.2, 0.25) is 5.91 Å². The maximum absolute atomic E-state index is 14.1. The first-order chi connectivity index (χ1) is 12.9. The molecule has 2 N–H and O–H groups in total. The lowest BCUT2D eigenvalue weighted by Crippen LogP contribution is -2.42. The number of benzene rings is 1. The van der Waals surface area contributed by atoms with E-state index in [0.29, 0.717) is 18.3 Å². The van der Waals surface area contributed by atoms with Crippen LogP contribution in [-0.4, -0.2) is 40.8 Å². The van der Waals surface area contributed by atoms with Gasteiger partial charge >= 0.3 is 0 Å². The van der Waals surface area contributed by atoms with Crippen molar-refractivity contribution in [1.82, 2.24) is 9.88 Å². The fourth-order valence-electron chi connectivity index (χ4n) is 3.13. The Morgan fingerprint density at radius 1 is 1.33 bits per heavy atom. The number of hydrogen-bond acceptors (Lipinski definition) is 5. The van der Waals surface area contributed by atoms with Crippen molar-refractivity contribution in [1.29, 1.82) is 0 Å². The third-order valence-electron chi connectivity index (χ3n) is 4.64. The Morgan fingerprint density at radius 2 is 2.15 bits per heavy atom. The molecular weight excluding hydrogens is 367 g/mol. The Hall–Kier alpha value is -2.32. The zero-order valence-corrected chi connectivity index (χ0v) is 16.2. The van der Waals surface area contributed by atoms with Gasteiger partial charge < -0.3 is 10.6 Å². The van der Waals surface area contributed by atoms with E-state index in [9.17, 15) is 14.0 Å². The van der Waals surface area contributed by atoms with Crippen LogP contribution in [0.3, 0.4) is 0 Å². The lowest BCUT2D eigenvalue weighted by atomic mass is 10.0. The van der Waals surface area contributed by atoms with Crippen molar-refractivity contribution in [2.75, 3.05) is 23.7 Å². The molecule has 1 fully saturated rings. The normalized spacial score (nSPS) is 17.5. The van der Waals surface area contributed by atoms with Gasteiger partial charge in [-0.1, -0.05) is 6.42 Å². The number of carbonyl (C=O) groups is 2. The van der Waals surface area contributed by atoms with Crippen LogP contribution in [0.25, 0.3) is 0 Å². The van der Waals surface area contributed by atoms with Crippen molar-refractivity contribution in [2.24, 2.45) is 0 Å². The lowest BCUT2D eigenvalue weighted by Gasteiger charge is -2.32.